The van der Waals surface area contributed by atoms with Crippen LogP contribution in [-0.4, -0.2) is 10.7 Å². The third-order valence-corrected chi connectivity index (χ3v) is 4.16. The second kappa shape index (κ2) is 4.68. The summed E-state index contributed by atoms with van der Waals surface area (Å²) in [7, 11) is 0. The van der Waals surface area contributed by atoms with Crippen LogP contribution in [0.25, 0.3) is 0 Å². The summed E-state index contributed by atoms with van der Waals surface area (Å²) in [5, 5.41) is 10.7. The topological polar surface area (TPSA) is 29.5 Å². The van der Waals surface area contributed by atoms with Crippen molar-refractivity contribution < 1.29 is 9.84 Å². The highest BCUT2D eigenvalue weighted by Gasteiger charge is 2.33. The van der Waals surface area contributed by atoms with Crippen LogP contribution >= 0.6 is 0 Å². The molecular weight excluding hydrogens is 248 g/mol. The first-order valence-electron chi connectivity index (χ1n) is 7.61. The molecule has 1 N–H and O–H groups in total. The first-order valence-corrected chi connectivity index (χ1v) is 7.61. The van der Waals surface area contributed by atoms with Gasteiger partial charge in [0.25, 0.3) is 0 Å². The summed E-state index contributed by atoms with van der Waals surface area (Å²) in [5.41, 5.74) is 3.05. The Balaban J connectivity index is 2.69. The van der Waals surface area contributed by atoms with Gasteiger partial charge in [-0.3, -0.25) is 0 Å². The van der Waals surface area contributed by atoms with Gasteiger partial charge in [-0.15, -0.1) is 0 Å². The summed E-state index contributed by atoms with van der Waals surface area (Å²) in [6, 6.07) is 2.05. The molecule has 0 fully saturated rings. The molecule has 1 aliphatic rings. The lowest BCUT2D eigenvalue weighted by Gasteiger charge is -2.36. The lowest BCUT2D eigenvalue weighted by atomic mass is 9.79. The predicted molar refractivity (Wildman–Crippen MR) is 83.9 cm³/mol. The van der Waals surface area contributed by atoms with Crippen LogP contribution in [0.15, 0.2) is 6.07 Å². The van der Waals surface area contributed by atoms with Gasteiger partial charge in [0.05, 0.1) is 0 Å². The second-order valence-electron chi connectivity index (χ2n) is 7.93. The van der Waals surface area contributed by atoms with Gasteiger partial charge in [0.1, 0.15) is 17.1 Å². The maximum atomic E-state index is 10.7. The van der Waals surface area contributed by atoms with Crippen molar-refractivity contribution in [2.75, 3.05) is 0 Å². The number of phenolic OH excluding ortho intramolecular Hbond substituents is 1. The Kier molecular flexibility index (Phi) is 3.56. The molecule has 1 aromatic rings. The van der Waals surface area contributed by atoms with E-state index in [1.165, 1.54) is 5.56 Å². The normalized spacial score (nSPS) is 17.8. The van der Waals surface area contributed by atoms with Crippen molar-refractivity contribution in [1.82, 2.24) is 0 Å². The zero-order valence-corrected chi connectivity index (χ0v) is 13.9. The van der Waals surface area contributed by atoms with Crippen LogP contribution in [0.5, 0.6) is 11.5 Å². The minimum absolute atomic E-state index is 0.0896. The van der Waals surface area contributed by atoms with Gasteiger partial charge in [-0.05, 0) is 44.1 Å². The fourth-order valence-corrected chi connectivity index (χ4v) is 3.02. The number of fused-ring (bicyclic) bond motifs is 1. The number of ether oxygens (including phenoxy) is 1. The molecule has 1 aromatic carbocycles. The molecule has 0 atom stereocenters. The Bertz CT molecular complexity index is 519. The van der Waals surface area contributed by atoms with Crippen molar-refractivity contribution in [1.29, 1.82) is 0 Å². The molecule has 1 heterocycles. The van der Waals surface area contributed by atoms with Gasteiger partial charge < -0.3 is 9.84 Å². The predicted octanol–water partition coefficient (Wildman–Crippen LogP) is 4.92. The van der Waals surface area contributed by atoms with E-state index in [4.69, 9.17) is 4.74 Å². The molecule has 2 rings (SSSR count). The van der Waals surface area contributed by atoms with Gasteiger partial charge in [-0.25, -0.2) is 0 Å². The summed E-state index contributed by atoms with van der Waals surface area (Å²) in [6.45, 7) is 14.9. The Morgan fingerprint density at radius 1 is 1.25 bits per heavy atom. The van der Waals surface area contributed by atoms with Crippen molar-refractivity contribution in [3.05, 3.63) is 22.8 Å². The van der Waals surface area contributed by atoms with E-state index in [1.54, 1.807) is 0 Å². The van der Waals surface area contributed by atoms with Gasteiger partial charge in [0.15, 0.2) is 0 Å². The van der Waals surface area contributed by atoms with Crippen LogP contribution in [0.2, 0.25) is 0 Å². The Hall–Kier alpha value is -1.18. The van der Waals surface area contributed by atoms with Crippen LogP contribution < -0.4 is 4.74 Å². The summed E-state index contributed by atoms with van der Waals surface area (Å²) < 4.78 is 6.19. The van der Waals surface area contributed by atoms with Crippen LogP contribution in [0, 0.1) is 0 Å². The first-order chi connectivity index (χ1) is 9.03. The van der Waals surface area contributed by atoms with Crippen molar-refractivity contribution in [2.45, 2.75) is 78.2 Å². The molecule has 0 bridgehead atoms. The summed E-state index contributed by atoms with van der Waals surface area (Å²) in [5.74, 6) is 1.73. The van der Waals surface area contributed by atoms with E-state index in [1.807, 2.05) is 0 Å². The average Bonchev–Trinajstić information content (AvgIpc) is 2.25. The fraction of sp³-hybridized carbons (Fsp3) is 0.667. The Morgan fingerprint density at radius 2 is 1.85 bits per heavy atom. The van der Waals surface area contributed by atoms with Gasteiger partial charge in [-0.2, -0.15) is 0 Å². The van der Waals surface area contributed by atoms with Crippen LogP contribution in [-0.2, 0) is 11.8 Å². The molecule has 1 aliphatic heterocycles. The fourth-order valence-electron chi connectivity index (χ4n) is 3.02. The largest absolute Gasteiger partial charge is 0.507 e. The molecule has 0 amide bonds. The van der Waals surface area contributed by atoms with E-state index < -0.39 is 0 Å². The third kappa shape index (κ3) is 2.65. The van der Waals surface area contributed by atoms with Crippen LogP contribution in [0.1, 0.15) is 77.5 Å². The molecule has 0 saturated carbocycles. The van der Waals surface area contributed by atoms with Gasteiger partial charge >= 0.3 is 0 Å². The van der Waals surface area contributed by atoms with E-state index in [-0.39, 0.29) is 11.0 Å². The molecule has 0 aliphatic carbocycles. The smallest absolute Gasteiger partial charge is 0.124 e. The van der Waals surface area contributed by atoms with E-state index in [9.17, 15) is 5.11 Å². The van der Waals surface area contributed by atoms with Gasteiger partial charge in [0.2, 0.25) is 0 Å². The zero-order valence-electron chi connectivity index (χ0n) is 13.9. The zero-order chi connectivity index (χ0) is 15.3. The SMILES string of the molecule is CC(C)c1c(O)c(C(C)(C)C)cc2c1CCC(C)(C)O2. The average molecular weight is 276 g/mol. The molecule has 2 nitrogen and oxygen atoms in total. The molecule has 0 saturated heterocycles. The highest BCUT2D eigenvalue weighted by Crippen LogP contribution is 2.46. The van der Waals surface area contributed by atoms with Crippen molar-refractivity contribution in [3.8, 4) is 11.5 Å². The van der Waals surface area contributed by atoms with Gasteiger partial charge in [0, 0.05) is 16.7 Å². The summed E-state index contributed by atoms with van der Waals surface area (Å²) in [6.07, 6.45) is 1.97. The van der Waals surface area contributed by atoms with Gasteiger partial charge in [-0.1, -0.05) is 34.6 Å². The van der Waals surface area contributed by atoms with E-state index in [2.05, 4.69) is 54.5 Å². The Labute approximate surface area is 123 Å². The van der Waals surface area contributed by atoms with Crippen molar-refractivity contribution in [3.63, 3.8) is 0 Å². The van der Waals surface area contributed by atoms with Crippen molar-refractivity contribution in [2.24, 2.45) is 0 Å². The maximum absolute atomic E-state index is 10.7. The quantitative estimate of drug-likeness (QED) is 0.789. The lowest BCUT2D eigenvalue weighted by molar-refractivity contribution is 0.0837. The highest BCUT2D eigenvalue weighted by molar-refractivity contribution is 5.57. The summed E-state index contributed by atoms with van der Waals surface area (Å²) >= 11 is 0. The molecule has 0 aromatic heterocycles. The number of benzene rings is 1. The van der Waals surface area contributed by atoms with Crippen LogP contribution in [0.4, 0.5) is 0 Å². The number of rotatable bonds is 1. The van der Waals surface area contributed by atoms with E-state index in [0.29, 0.717) is 11.7 Å². The number of hydrogen-bond donors (Lipinski definition) is 1. The summed E-state index contributed by atoms with van der Waals surface area (Å²) in [4.78, 5) is 0. The molecule has 2 heteroatoms. The maximum Gasteiger partial charge on any atom is 0.124 e. The van der Waals surface area contributed by atoms with E-state index >= 15 is 0 Å². The third-order valence-electron chi connectivity index (χ3n) is 4.16. The standard InChI is InChI=1S/C18H28O2/c1-11(2)15-12-8-9-18(6,7)20-14(12)10-13(16(15)19)17(3,4)5/h10-11,19H,8-9H2,1-7H3. The molecule has 112 valence electrons. The lowest BCUT2D eigenvalue weighted by Crippen LogP contribution is -2.33. The molecule has 0 unspecified atom stereocenters. The molecule has 20 heavy (non-hydrogen) atoms. The number of hydrogen-bond acceptors (Lipinski definition) is 2. The minimum Gasteiger partial charge on any atom is -0.507 e. The molecule has 0 spiro atoms. The monoisotopic (exact) mass is 276 g/mol. The molecular formula is C18H28O2. The van der Waals surface area contributed by atoms with Crippen molar-refractivity contribution >= 4 is 0 Å². The Morgan fingerprint density at radius 3 is 2.35 bits per heavy atom. The second-order valence-corrected chi connectivity index (χ2v) is 7.93. The molecule has 0 radical (unpaired) electrons. The highest BCUT2D eigenvalue weighted by atomic mass is 16.5. The number of phenols is 1. The van der Waals surface area contributed by atoms with Crippen LogP contribution in [0.3, 0.4) is 0 Å². The number of aromatic hydroxyl groups is 1. The van der Waals surface area contributed by atoms with E-state index in [0.717, 1.165) is 29.7 Å². The first kappa shape index (κ1) is 15.2. The minimum atomic E-state index is -0.118.